The Hall–Kier alpha value is -3.46. The monoisotopic (exact) mass is 599 g/mol. The van der Waals surface area contributed by atoms with Crippen LogP contribution in [-0.4, -0.2) is 71.4 Å². The summed E-state index contributed by atoms with van der Waals surface area (Å²) < 4.78 is 70.8. The summed E-state index contributed by atoms with van der Waals surface area (Å²) in [4.78, 5) is 20.9. The first-order chi connectivity index (χ1) is 19.4. The van der Waals surface area contributed by atoms with Crippen molar-refractivity contribution in [2.45, 2.75) is 18.9 Å². The molecule has 0 atom stereocenters. The van der Waals surface area contributed by atoms with E-state index in [4.69, 9.17) is 9.90 Å². The van der Waals surface area contributed by atoms with Crippen molar-refractivity contribution in [2.75, 3.05) is 39.3 Å². The van der Waals surface area contributed by atoms with E-state index in [9.17, 15) is 26.3 Å². The summed E-state index contributed by atoms with van der Waals surface area (Å²) in [6, 6.07) is 16.0. The van der Waals surface area contributed by atoms with Gasteiger partial charge in [0.15, 0.2) is 0 Å². The van der Waals surface area contributed by atoms with Gasteiger partial charge in [0.05, 0.1) is 21.5 Å². The number of rotatable bonds is 7. The van der Waals surface area contributed by atoms with Gasteiger partial charge in [0, 0.05) is 50.7 Å². The number of H-pyrrole nitrogens is 1. The van der Waals surface area contributed by atoms with E-state index in [0.29, 0.717) is 16.9 Å². The lowest BCUT2D eigenvalue weighted by atomic mass is 10.1. The van der Waals surface area contributed by atoms with E-state index in [1.165, 1.54) is 11.6 Å². The molecule has 0 unspecified atom stereocenters. The van der Waals surface area contributed by atoms with Crippen molar-refractivity contribution >= 4 is 28.3 Å². The number of halogens is 6. The molecule has 2 aromatic carbocycles. The van der Waals surface area contributed by atoms with Crippen LogP contribution in [0.3, 0.4) is 0 Å². The summed E-state index contributed by atoms with van der Waals surface area (Å²) in [7, 11) is 0. The molecule has 5 rings (SSSR count). The average molecular weight is 600 g/mol. The first-order valence-corrected chi connectivity index (χ1v) is 13.4. The standard InChI is InChI=1S/C25H26F3N5S.C2HF3O2/c26-25(27,28)19-4-5-20-21(15-19)32-24(31-20)23-7-6-22(34-23)18-3-1-2-17(14-18)16-30-10-13-33-11-8-29-9-12-33;3-2(4,5)1(6)7/h1-7,14-15,29-30H,8-13,16H2,(H,31,32);(H,6,7). The van der Waals surface area contributed by atoms with Crippen LogP contribution < -0.4 is 10.6 Å². The van der Waals surface area contributed by atoms with Crippen molar-refractivity contribution in [3.05, 3.63) is 65.7 Å². The summed E-state index contributed by atoms with van der Waals surface area (Å²) >= 11 is 1.57. The first kappa shape index (κ1) is 30.5. The van der Waals surface area contributed by atoms with Gasteiger partial charge in [-0.05, 0) is 47.5 Å². The quantitative estimate of drug-likeness (QED) is 0.163. The van der Waals surface area contributed by atoms with E-state index < -0.39 is 23.9 Å². The number of hydrogen-bond acceptors (Lipinski definition) is 6. The van der Waals surface area contributed by atoms with Gasteiger partial charge in [-0.15, -0.1) is 11.3 Å². The zero-order valence-electron chi connectivity index (χ0n) is 21.6. The van der Waals surface area contributed by atoms with Crippen molar-refractivity contribution in [2.24, 2.45) is 0 Å². The lowest BCUT2D eigenvalue weighted by Crippen LogP contribution is -2.45. The average Bonchev–Trinajstić information content (AvgIpc) is 3.58. The molecule has 1 aliphatic rings. The number of aliphatic carboxylic acids is 1. The zero-order valence-corrected chi connectivity index (χ0v) is 22.4. The third kappa shape index (κ3) is 8.52. The van der Waals surface area contributed by atoms with E-state index >= 15 is 0 Å². The van der Waals surface area contributed by atoms with Gasteiger partial charge in [-0.1, -0.05) is 18.2 Å². The number of imidazole rings is 1. The van der Waals surface area contributed by atoms with Gasteiger partial charge < -0.3 is 20.7 Å². The van der Waals surface area contributed by atoms with Crippen molar-refractivity contribution in [1.82, 2.24) is 25.5 Å². The minimum atomic E-state index is -5.08. The number of aromatic amines is 1. The summed E-state index contributed by atoms with van der Waals surface area (Å²) in [5.41, 5.74) is 2.56. The van der Waals surface area contributed by atoms with Gasteiger partial charge in [0.1, 0.15) is 5.82 Å². The number of fused-ring (bicyclic) bond motifs is 1. The fraction of sp³-hybridized carbons (Fsp3) is 0.333. The molecule has 2 aromatic heterocycles. The molecule has 1 fully saturated rings. The maximum atomic E-state index is 13.0. The topological polar surface area (TPSA) is 93.3 Å². The van der Waals surface area contributed by atoms with E-state index in [2.05, 4.69) is 49.8 Å². The second-order valence-electron chi connectivity index (χ2n) is 9.25. The molecule has 220 valence electrons. The number of hydrogen-bond donors (Lipinski definition) is 4. The van der Waals surface area contributed by atoms with E-state index in [1.54, 1.807) is 11.3 Å². The largest absolute Gasteiger partial charge is 0.490 e. The van der Waals surface area contributed by atoms with Crippen LogP contribution in [0.25, 0.3) is 32.2 Å². The molecular weight excluding hydrogens is 572 g/mol. The number of nitrogens with one attached hydrogen (secondary N) is 3. The van der Waals surface area contributed by atoms with Crippen molar-refractivity contribution in [3.8, 4) is 21.1 Å². The van der Waals surface area contributed by atoms with Crippen molar-refractivity contribution in [1.29, 1.82) is 0 Å². The molecule has 4 aromatic rings. The molecule has 0 saturated carbocycles. The number of nitrogens with zero attached hydrogens (tertiary/aromatic N) is 2. The Morgan fingerprint density at radius 1 is 1.00 bits per heavy atom. The molecule has 7 nitrogen and oxygen atoms in total. The highest BCUT2D eigenvalue weighted by molar-refractivity contribution is 7.18. The SMILES string of the molecule is FC(F)(F)c1ccc2nc(-c3ccc(-c4cccc(CNCCN5CCNCC5)c4)s3)[nH]c2c1.O=C(O)C(F)(F)F. The van der Waals surface area contributed by atoms with Crippen LogP contribution in [0.2, 0.25) is 0 Å². The lowest BCUT2D eigenvalue weighted by Gasteiger charge is -2.27. The fourth-order valence-corrected chi connectivity index (χ4v) is 5.11. The number of carboxylic acid groups (broad SMARTS) is 1. The van der Waals surface area contributed by atoms with Crippen LogP contribution in [0.15, 0.2) is 54.6 Å². The summed E-state index contributed by atoms with van der Waals surface area (Å²) in [5, 5.41) is 14.0. The lowest BCUT2D eigenvalue weighted by molar-refractivity contribution is -0.192. The number of piperazine rings is 1. The van der Waals surface area contributed by atoms with Gasteiger partial charge in [-0.2, -0.15) is 26.3 Å². The van der Waals surface area contributed by atoms with Crippen LogP contribution in [0, 0.1) is 0 Å². The highest BCUT2D eigenvalue weighted by Crippen LogP contribution is 2.36. The Labute approximate surface area is 235 Å². The molecule has 0 bridgehead atoms. The molecule has 0 spiro atoms. The van der Waals surface area contributed by atoms with Crippen molar-refractivity contribution in [3.63, 3.8) is 0 Å². The number of alkyl halides is 6. The molecule has 14 heteroatoms. The number of aromatic nitrogens is 2. The Balaban J connectivity index is 0.000000493. The molecule has 0 aliphatic carbocycles. The van der Waals surface area contributed by atoms with Gasteiger partial charge in [0.2, 0.25) is 0 Å². The van der Waals surface area contributed by atoms with Crippen LogP contribution in [0.4, 0.5) is 26.3 Å². The summed E-state index contributed by atoms with van der Waals surface area (Å²) in [6.07, 6.45) is -9.46. The van der Waals surface area contributed by atoms with Crippen LogP contribution in [0.1, 0.15) is 11.1 Å². The number of benzene rings is 2. The van der Waals surface area contributed by atoms with Crippen LogP contribution >= 0.6 is 11.3 Å². The van der Waals surface area contributed by atoms with Gasteiger partial charge in [-0.25, -0.2) is 9.78 Å². The Bertz CT molecular complexity index is 1460. The van der Waals surface area contributed by atoms with E-state index in [-0.39, 0.29) is 0 Å². The summed E-state index contributed by atoms with van der Waals surface area (Å²) in [6.45, 7) is 7.15. The second-order valence-corrected chi connectivity index (χ2v) is 10.3. The predicted molar refractivity (Wildman–Crippen MR) is 145 cm³/mol. The van der Waals surface area contributed by atoms with Gasteiger partial charge >= 0.3 is 18.3 Å². The maximum absolute atomic E-state index is 13.0. The number of carboxylic acids is 1. The molecule has 0 amide bonds. The van der Waals surface area contributed by atoms with Gasteiger partial charge in [-0.3, -0.25) is 4.90 Å². The number of thiophene rings is 1. The van der Waals surface area contributed by atoms with Crippen LogP contribution in [0.5, 0.6) is 0 Å². The molecule has 0 radical (unpaired) electrons. The maximum Gasteiger partial charge on any atom is 0.490 e. The molecule has 1 aliphatic heterocycles. The van der Waals surface area contributed by atoms with E-state index in [0.717, 1.165) is 73.3 Å². The minimum Gasteiger partial charge on any atom is -0.475 e. The molecule has 4 N–H and O–H groups in total. The molecule has 1 saturated heterocycles. The Morgan fingerprint density at radius 2 is 1.71 bits per heavy atom. The normalized spacial score (nSPS) is 14.6. The number of carbonyl (C=O) groups is 1. The zero-order chi connectivity index (χ0) is 29.6. The first-order valence-electron chi connectivity index (χ1n) is 12.6. The van der Waals surface area contributed by atoms with Gasteiger partial charge in [0.25, 0.3) is 0 Å². The van der Waals surface area contributed by atoms with E-state index in [1.807, 2.05) is 12.1 Å². The third-order valence-electron chi connectivity index (χ3n) is 6.25. The fourth-order valence-electron chi connectivity index (χ4n) is 4.16. The van der Waals surface area contributed by atoms with Crippen LogP contribution in [-0.2, 0) is 17.5 Å². The third-order valence-corrected chi connectivity index (χ3v) is 7.39. The second kappa shape index (κ2) is 13.0. The Kier molecular flexibility index (Phi) is 9.68. The predicted octanol–water partition coefficient (Wildman–Crippen LogP) is 5.61. The minimum absolute atomic E-state index is 0.383. The molecular formula is C27H27F6N5O2S. The Morgan fingerprint density at radius 3 is 2.39 bits per heavy atom. The summed E-state index contributed by atoms with van der Waals surface area (Å²) in [5.74, 6) is -2.18. The smallest absolute Gasteiger partial charge is 0.475 e. The highest BCUT2D eigenvalue weighted by Gasteiger charge is 2.38. The molecule has 3 heterocycles. The molecule has 41 heavy (non-hydrogen) atoms. The highest BCUT2D eigenvalue weighted by atomic mass is 32.1. The van der Waals surface area contributed by atoms with Crippen molar-refractivity contribution < 1.29 is 36.2 Å².